The van der Waals surface area contributed by atoms with E-state index in [9.17, 15) is 14.4 Å². The third kappa shape index (κ3) is 4.50. The molecule has 23 heavy (non-hydrogen) atoms. The number of aliphatic carboxylic acids is 1. The van der Waals surface area contributed by atoms with Crippen molar-refractivity contribution < 1.29 is 14.7 Å². The van der Waals surface area contributed by atoms with Gasteiger partial charge in [0.25, 0.3) is 11.5 Å². The van der Waals surface area contributed by atoms with Crippen LogP contribution < -0.4 is 10.9 Å². The van der Waals surface area contributed by atoms with Crippen LogP contribution in [0.2, 0.25) is 0 Å². The maximum absolute atomic E-state index is 12.2. The summed E-state index contributed by atoms with van der Waals surface area (Å²) in [6, 6.07) is 11.1. The van der Waals surface area contributed by atoms with Crippen molar-refractivity contribution in [3.63, 3.8) is 0 Å². The molecule has 0 radical (unpaired) electrons. The van der Waals surface area contributed by atoms with Gasteiger partial charge < -0.3 is 10.4 Å². The Hall–Kier alpha value is -2.96. The van der Waals surface area contributed by atoms with Crippen LogP contribution in [-0.2, 0) is 4.79 Å². The van der Waals surface area contributed by atoms with E-state index >= 15 is 0 Å². The zero-order valence-electron chi connectivity index (χ0n) is 12.6. The van der Waals surface area contributed by atoms with E-state index < -0.39 is 11.9 Å². The summed E-state index contributed by atoms with van der Waals surface area (Å²) in [4.78, 5) is 34.6. The predicted molar refractivity (Wildman–Crippen MR) is 83.6 cm³/mol. The number of hydrogen-bond acceptors (Lipinski definition) is 4. The lowest BCUT2D eigenvalue weighted by Crippen LogP contribution is -2.35. The van der Waals surface area contributed by atoms with E-state index in [1.54, 1.807) is 31.2 Å². The number of benzene rings is 1. The third-order valence-corrected chi connectivity index (χ3v) is 3.20. The highest BCUT2D eigenvalue weighted by atomic mass is 16.4. The lowest BCUT2D eigenvalue weighted by atomic mass is 10.2. The van der Waals surface area contributed by atoms with E-state index in [2.05, 4.69) is 10.4 Å². The maximum Gasteiger partial charge on any atom is 0.303 e. The highest BCUT2D eigenvalue weighted by Crippen LogP contribution is 2.03. The number of para-hydroxylation sites is 1. The lowest BCUT2D eigenvalue weighted by molar-refractivity contribution is -0.137. The fourth-order valence-corrected chi connectivity index (χ4v) is 2.00. The molecular weight excluding hydrogens is 298 g/mol. The summed E-state index contributed by atoms with van der Waals surface area (Å²) < 4.78 is 1.15. The van der Waals surface area contributed by atoms with E-state index in [1.807, 2.05) is 6.07 Å². The second-order valence-corrected chi connectivity index (χ2v) is 5.11. The number of amides is 1. The second kappa shape index (κ2) is 7.35. The van der Waals surface area contributed by atoms with Gasteiger partial charge in [-0.3, -0.25) is 14.4 Å². The van der Waals surface area contributed by atoms with Crippen LogP contribution in [0.15, 0.2) is 47.3 Å². The van der Waals surface area contributed by atoms with E-state index in [4.69, 9.17) is 5.11 Å². The first-order chi connectivity index (χ1) is 11.0. The Kier molecular flexibility index (Phi) is 5.24. The van der Waals surface area contributed by atoms with Crippen molar-refractivity contribution >= 4 is 11.9 Å². The molecule has 0 aliphatic rings. The number of carbonyl (C=O) groups is 2. The van der Waals surface area contributed by atoms with Crippen LogP contribution in [0.5, 0.6) is 0 Å². The average molecular weight is 315 g/mol. The molecule has 0 aliphatic carbocycles. The third-order valence-electron chi connectivity index (χ3n) is 3.20. The largest absolute Gasteiger partial charge is 0.481 e. The lowest BCUT2D eigenvalue weighted by Gasteiger charge is -2.13. The normalized spacial score (nSPS) is 11.7. The molecule has 1 heterocycles. The van der Waals surface area contributed by atoms with Crippen LogP contribution in [0.4, 0.5) is 0 Å². The monoisotopic (exact) mass is 315 g/mol. The first-order valence-corrected chi connectivity index (χ1v) is 7.16. The number of aromatic nitrogens is 2. The molecule has 7 heteroatoms. The van der Waals surface area contributed by atoms with Crippen molar-refractivity contribution in [3.8, 4) is 5.69 Å². The zero-order chi connectivity index (χ0) is 16.8. The van der Waals surface area contributed by atoms with Crippen molar-refractivity contribution in [3.05, 3.63) is 58.5 Å². The summed E-state index contributed by atoms with van der Waals surface area (Å²) >= 11 is 0. The maximum atomic E-state index is 12.2. The van der Waals surface area contributed by atoms with Gasteiger partial charge >= 0.3 is 5.97 Å². The van der Waals surface area contributed by atoms with Gasteiger partial charge in [-0.1, -0.05) is 18.2 Å². The van der Waals surface area contributed by atoms with Crippen LogP contribution in [0.3, 0.4) is 0 Å². The Morgan fingerprint density at radius 2 is 1.91 bits per heavy atom. The number of carboxylic acids is 1. The molecule has 0 saturated heterocycles. The predicted octanol–water partition coefficient (Wildman–Crippen LogP) is 1.22. The molecule has 2 rings (SSSR count). The summed E-state index contributed by atoms with van der Waals surface area (Å²) in [6.45, 7) is 1.72. The van der Waals surface area contributed by atoms with Gasteiger partial charge in [-0.25, -0.2) is 0 Å². The number of carbonyl (C=O) groups excluding carboxylic acids is 1. The number of nitrogens with one attached hydrogen (secondary N) is 1. The van der Waals surface area contributed by atoms with Crippen molar-refractivity contribution in [1.29, 1.82) is 0 Å². The Balaban J connectivity index is 2.16. The molecule has 1 aromatic carbocycles. The molecule has 1 amide bonds. The first-order valence-electron chi connectivity index (χ1n) is 7.16. The molecule has 1 aromatic heterocycles. The highest BCUT2D eigenvalue weighted by Gasteiger charge is 2.14. The van der Waals surface area contributed by atoms with Crippen molar-refractivity contribution in [2.75, 3.05) is 0 Å². The van der Waals surface area contributed by atoms with Gasteiger partial charge in [-0.2, -0.15) is 9.78 Å². The Bertz CT molecular complexity index is 755. The topological polar surface area (TPSA) is 101 Å². The van der Waals surface area contributed by atoms with Crippen molar-refractivity contribution in [2.45, 2.75) is 25.8 Å². The number of nitrogens with zero attached hydrogens (tertiary/aromatic N) is 2. The summed E-state index contributed by atoms with van der Waals surface area (Å²) in [5.41, 5.74) is 0.313. The molecule has 1 unspecified atom stereocenters. The van der Waals surface area contributed by atoms with Gasteiger partial charge in [0, 0.05) is 18.5 Å². The molecule has 0 bridgehead atoms. The molecule has 0 saturated carbocycles. The minimum atomic E-state index is -0.915. The number of rotatable bonds is 6. The van der Waals surface area contributed by atoms with E-state index in [0.717, 1.165) is 4.68 Å². The van der Waals surface area contributed by atoms with Gasteiger partial charge in [0.15, 0.2) is 0 Å². The fourth-order valence-electron chi connectivity index (χ4n) is 2.00. The van der Waals surface area contributed by atoms with Gasteiger partial charge in [-0.15, -0.1) is 0 Å². The minimum absolute atomic E-state index is 0.0294. The van der Waals surface area contributed by atoms with E-state index in [0.29, 0.717) is 12.1 Å². The Morgan fingerprint density at radius 3 is 2.57 bits per heavy atom. The molecule has 1 atom stereocenters. The average Bonchev–Trinajstić information content (AvgIpc) is 2.54. The zero-order valence-corrected chi connectivity index (χ0v) is 12.6. The summed E-state index contributed by atoms with van der Waals surface area (Å²) in [6.07, 6.45) is 0.289. The molecule has 0 aliphatic heterocycles. The van der Waals surface area contributed by atoms with Crippen LogP contribution >= 0.6 is 0 Å². The van der Waals surface area contributed by atoms with Crippen molar-refractivity contribution in [2.24, 2.45) is 0 Å². The standard InChI is InChI=1S/C16H17N3O4/c1-11(7-10-15(21)22)17-16(23)13-8-9-14(20)19(18-13)12-5-3-2-4-6-12/h2-6,8-9,11H,7,10H2,1H3,(H,17,23)(H,21,22). The molecule has 7 nitrogen and oxygen atoms in total. The van der Waals surface area contributed by atoms with Crippen LogP contribution in [0.1, 0.15) is 30.3 Å². The molecule has 120 valence electrons. The van der Waals surface area contributed by atoms with Crippen molar-refractivity contribution in [1.82, 2.24) is 15.1 Å². The van der Waals surface area contributed by atoms with Gasteiger partial charge in [0.05, 0.1) is 5.69 Å². The fraction of sp³-hybridized carbons (Fsp3) is 0.250. The molecular formula is C16H17N3O4. The van der Waals surface area contributed by atoms with Crippen LogP contribution in [0, 0.1) is 0 Å². The number of carboxylic acid groups (broad SMARTS) is 1. The van der Waals surface area contributed by atoms with Gasteiger partial charge in [0.2, 0.25) is 0 Å². The van der Waals surface area contributed by atoms with Gasteiger partial charge in [0.1, 0.15) is 5.69 Å². The van der Waals surface area contributed by atoms with Crippen LogP contribution in [-0.4, -0.2) is 32.8 Å². The minimum Gasteiger partial charge on any atom is -0.481 e. The molecule has 2 N–H and O–H groups in total. The molecule has 0 fully saturated rings. The van der Waals surface area contributed by atoms with Crippen LogP contribution in [0.25, 0.3) is 5.69 Å². The highest BCUT2D eigenvalue weighted by molar-refractivity contribution is 5.92. The molecule has 2 aromatic rings. The first kappa shape index (κ1) is 16.4. The summed E-state index contributed by atoms with van der Waals surface area (Å²) in [5.74, 6) is -1.37. The Labute approximate surface area is 132 Å². The smallest absolute Gasteiger partial charge is 0.303 e. The summed E-state index contributed by atoms with van der Waals surface area (Å²) in [7, 11) is 0. The summed E-state index contributed by atoms with van der Waals surface area (Å²) in [5, 5.41) is 15.4. The SMILES string of the molecule is CC(CCC(=O)O)NC(=O)c1ccc(=O)n(-c2ccccc2)n1. The van der Waals surface area contributed by atoms with E-state index in [-0.39, 0.29) is 23.7 Å². The molecule has 0 spiro atoms. The quantitative estimate of drug-likeness (QED) is 0.834. The second-order valence-electron chi connectivity index (χ2n) is 5.11. The van der Waals surface area contributed by atoms with Gasteiger partial charge in [-0.05, 0) is 31.5 Å². The number of hydrogen-bond donors (Lipinski definition) is 2. The van der Waals surface area contributed by atoms with E-state index in [1.165, 1.54) is 12.1 Å². The Morgan fingerprint density at radius 1 is 1.22 bits per heavy atom.